The van der Waals surface area contributed by atoms with E-state index in [-0.39, 0.29) is 25.7 Å². The number of aliphatic hydroxyl groups excluding tert-OH is 1. The minimum Gasteiger partial charge on any atom is -0.462 e. The van der Waals surface area contributed by atoms with Crippen molar-refractivity contribution >= 4 is 39.5 Å². The number of phosphoric ester groups is 2. The summed E-state index contributed by atoms with van der Waals surface area (Å²) in [6, 6.07) is 0. The molecule has 564 valence electrons. The summed E-state index contributed by atoms with van der Waals surface area (Å²) in [5.74, 6) is -2.44. The minimum atomic E-state index is -5.01. The van der Waals surface area contributed by atoms with Crippen LogP contribution >= 0.6 is 15.6 Å². The van der Waals surface area contributed by atoms with Crippen LogP contribution < -0.4 is 0 Å². The molecule has 5 unspecified atom stereocenters. The van der Waals surface area contributed by atoms with Gasteiger partial charge in [-0.25, -0.2) is 9.13 Å². The van der Waals surface area contributed by atoms with Crippen LogP contribution in [0.3, 0.4) is 0 Å². The average Bonchev–Trinajstić information content (AvgIpc) is 0.953. The van der Waals surface area contributed by atoms with Crippen molar-refractivity contribution in [3.8, 4) is 0 Å². The van der Waals surface area contributed by atoms with E-state index in [0.29, 0.717) is 32.1 Å². The number of unbranched alkanes of at least 4 members (excludes halogenated alkanes) is 12. The largest absolute Gasteiger partial charge is 0.472 e. The van der Waals surface area contributed by atoms with Gasteiger partial charge in [-0.15, -0.1) is 0 Å². The van der Waals surface area contributed by atoms with Crippen LogP contribution in [0.15, 0.2) is 182 Å². The number of aliphatic hydroxyl groups is 1. The van der Waals surface area contributed by atoms with Crippen LogP contribution in [0.4, 0.5) is 0 Å². The van der Waals surface area contributed by atoms with Gasteiger partial charge in [-0.3, -0.25) is 37.3 Å². The molecule has 0 spiro atoms. The van der Waals surface area contributed by atoms with Crippen molar-refractivity contribution in [2.24, 2.45) is 0 Å². The summed E-state index contributed by atoms with van der Waals surface area (Å²) in [6.45, 7) is 4.22. The summed E-state index contributed by atoms with van der Waals surface area (Å²) in [7, 11) is -10.0. The lowest BCUT2D eigenvalue weighted by Gasteiger charge is -2.21. The third kappa shape index (κ3) is 70.6. The van der Waals surface area contributed by atoms with Gasteiger partial charge in [0.2, 0.25) is 0 Å². The fourth-order valence-electron chi connectivity index (χ4n) is 8.82. The van der Waals surface area contributed by atoms with Crippen molar-refractivity contribution in [3.63, 3.8) is 0 Å². The number of carbonyl (C=O) groups is 4. The van der Waals surface area contributed by atoms with Gasteiger partial charge in [-0.2, -0.15) is 0 Å². The number of rotatable bonds is 67. The van der Waals surface area contributed by atoms with Crippen LogP contribution in [0.5, 0.6) is 0 Å². The van der Waals surface area contributed by atoms with Crippen LogP contribution in [0.2, 0.25) is 0 Å². The van der Waals surface area contributed by atoms with Gasteiger partial charge in [0.25, 0.3) is 0 Å². The van der Waals surface area contributed by atoms with Crippen LogP contribution in [0, 0.1) is 0 Å². The molecule has 0 bridgehead atoms. The maximum atomic E-state index is 13.1. The molecule has 0 saturated heterocycles. The van der Waals surface area contributed by atoms with Gasteiger partial charge in [0.15, 0.2) is 12.2 Å². The molecule has 19 heteroatoms. The Morgan fingerprint density at radius 1 is 0.300 bits per heavy atom. The average molecular weight is 1440 g/mol. The fraction of sp³-hybridized carbons (Fsp3) is 0.580. The molecule has 0 heterocycles. The molecule has 0 fully saturated rings. The SMILES string of the molecule is CC/C=C\C/C=C\C/C=C\C/C=C\C/C=C\CCCCCC(=O)OCC(COP(=O)(O)OCC(O)COP(=O)(O)OCC(COC(=O)C/C=C\C/C=C\C/C=C\C/C=C\C/C=C\CC)OC(=O)CCCC/C=C\C/C=C\C/C=C\C/C=C\CC)OC(=O)CCCCCCC/C=C\CCCC. The first-order chi connectivity index (χ1) is 48.7. The lowest BCUT2D eigenvalue weighted by molar-refractivity contribution is -0.161. The number of esters is 4. The van der Waals surface area contributed by atoms with E-state index in [2.05, 4.69) is 180 Å². The van der Waals surface area contributed by atoms with E-state index in [9.17, 15) is 43.2 Å². The molecular formula is C81H128O17P2. The van der Waals surface area contributed by atoms with Crippen molar-refractivity contribution in [3.05, 3.63) is 182 Å². The molecule has 0 aliphatic heterocycles. The second-order valence-electron chi connectivity index (χ2n) is 23.8. The summed E-state index contributed by atoms with van der Waals surface area (Å²) in [5.41, 5.74) is 0. The molecule has 0 aromatic heterocycles. The molecule has 0 aromatic rings. The third-order valence-electron chi connectivity index (χ3n) is 14.4. The fourth-order valence-corrected chi connectivity index (χ4v) is 10.4. The molecule has 5 atom stereocenters. The molecule has 0 aliphatic carbocycles. The van der Waals surface area contributed by atoms with Crippen molar-refractivity contribution in [1.82, 2.24) is 0 Å². The molecule has 0 aromatic carbocycles. The first-order valence-corrected chi connectivity index (χ1v) is 40.0. The summed E-state index contributed by atoms with van der Waals surface area (Å²) in [6.07, 6.45) is 85.1. The standard InChI is InChI=1S/C81H128O17P2/c1-5-9-13-17-21-25-29-32-35-36-37-38-41-43-47-50-54-58-62-66-79(84)91-71-76(97-80(85)67-63-59-55-51-45-28-24-20-16-12-8-4)73-95-99(87,88)93-69-75(82)70-94-100(89,90)96-74-77(98-81(86)68-64-60-56-52-48-44-40-34-31-27-23-19-15-11-7-3)72-92-78(83)65-61-57-53-49-46-42-39-33-30-26-22-18-14-10-6-2/h9-11,13-15,20-27,32-35,37-40,43,46-49,52,57,61,75-77,82H,5-8,12,16-19,28-31,36,41-42,44-45,50-51,53-56,58-60,62-74H2,1-4H3,(H,87,88)(H,89,90)/b13-9-,14-10-,15-11-,24-20-,25-21-,26-22-,27-23-,35-32-,38-37-,39-33-,40-34-,47-43-,49-46-,52-48-,61-57-. The zero-order valence-electron chi connectivity index (χ0n) is 61.3. The number of ether oxygens (including phenoxy) is 4. The van der Waals surface area contributed by atoms with E-state index in [1.807, 2.05) is 24.3 Å². The Kier molecular flexibility index (Phi) is 67.4. The van der Waals surface area contributed by atoms with E-state index >= 15 is 0 Å². The predicted molar refractivity (Wildman–Crippen MR) is 408 cm³/mol. The summed E-state index contributed by atoms with van der Waals surface area (Å²) >= 11 is 0. The molecule has 17 nitrogen and oxygen atoms in total. The van der Waals surface area contributed by atoms with Crippen molar-refractivity contribution in [1.29, 1.82) is 0 Å². The van der Waals surface area contributed by atoms with Crippen LogP contribution in [-0.2, 0) is 65.4 Å². The van der Waals surface area contributed by atoms with Crippen molar-refractivity contribution < 1.29 is 80.2 Å². The molecule has 100 heavy (non-hydrogen) atoms. The maximum Gasteiger partial charge on any atom is 0.472 e. The highest BCUT2D eigenvalue weighted by Gasteiger charge is 2.30. The van der Waals surface area contributed by atoms with Gasteiger partial charge in [-0.1, -0.05) is 249 Å². The van der Waals surface area contributed by atoms with E-state index < -0.39 is 97.5 Å². The molecule has 0 amide bonds. The number of allylic oxidation sites excluding steroid dienone is 29. The first kappa shape index (κ1) is 94.2. The monoisotopic (exact) mass is 1430 g/mol. The van der Waals surface area contributed by atoms with E-state index in [4.69, 9.17) is 37.0 Å². The number of hydrogen-bond acceptors (Lipinski definition) is 15. The smallest absolute Gasteiger partial charge is 0.462 e. The molecule has 3 N–H and O–H groups in total. The summed E-state index contributed by atoms with van der Waals surface area (Å²) in [5, 5.41) is 10.6. The topological polar surface area (TPSA) is 237 Å². The zero-order valence-corrected chi connectivity index (χ0v) is 63.1. The van der Waals surface area contributed by atoms with Gasteiger partial charge >= 0.3 is 39.5 Å². The Hall–Kier alpha value is -5.84. The second kappa shape index (κ2) is 71.6. The molecular weight excluding hydrogens is 1310 g/mol. The predicted octanol–water partition coefficient (Wildman–Crippen LogP) is 21.2. The lowest BCUT2D eigenvalue weighted by atomic mass is 10.1. The highest BCUT2D eigenvalue weighted by molar-refractivity contribution is 7.47. The van der Waals surface area contributed by atoms with Gasteiger partial charge in [0, 0.05) is 19.3 Å². The molecule has 0 saturated carbocycles. The van der Waals surface area contributed by atoms with Gasteiger partial charge in [0.05, 0.1) is 32.8 Å². The molecule has 0 radical (unpaired) electrons. The number of phosphoric acid groups is 2. The molecule has 0 rings (SSSR count). The van der Waals surface area contributed by atoms with E-state index in [1.165, 1.54) is 6.42 Å². The van der Waals surface area contributed by atoms with Crippen molar-refractivity contribution in [2.45, 2.75) is 264 Å². The lowest BCUT2D eigenvalue weighted by Crippen LogP contribution is -2.30. The highest BCUT2D eigenvalue weighted by atomic mass is 31.2. The Labute approximate surface area is 603 Å². The Balaban J connectivity index is 5.47. The zero-order chi connectivity index (χ0) is 73.2. The normalized spacial score (nSPS) is 15.0. The van der Waals surface area contributed by atoms with Gasteiger partial charge in [0.1, 0.15) is 19.3 Å². The molecule has 0 aliphatic rings. The Morgan fingerprint density at radius 2 is 0.560 bits per heavy atom. The summed E-state index contributed by atoms with van der Waals surface area (Å²) < 4.78 is 68.2. The quantitative estimate of drug-likeness (QED) is 0.0169. The van der Waals surface area contributed by atoms with Crippen LogP contribution in [0.1, 0.15) is 246 Å². The van der Waals surface area contributed by atoms with E-state index in [0.717, 1.165) is 154 Å². The van der Waals surface area contributed by atoms with Crippen LogP contribution in [0.25, 0.3) is 0 Å². The second-order valence-corrected chi connectivity index (χ2v) is 26.7. The third-order valence-corrected chi connectivity index (χ3v) is 16.3. The van der Waals surface area contributed by atoms with Crippen LogP contribution in [-0.4, -0.2) is 96.7 Å². The maximum absolute atomic E-state index is 13.1. The van der Waals surface area contributed by atoms with Gasteiger partial charge in [-0.05, 0) is 154 Å². The Morgan fingerprint density at radius 3 is 0.930 bits per heavy atom. The number of carbonyl (C=O) groups excluding carboxylic acids is 4. The first-order valence-electron chi connectivity index (χ1n) is 37.0. The minimum absolute atomic E-state index is 0.0154. The Bertz CT molecular complexity index is 2620. The van der Waals surface area contributed by atoms with E-state index in [1.54, 1.807) is 6.08 Å². The summed E-state index contributed by atoms with van der Waals surface area (Å²) in [4.78, 5) is 72.7. The number of hydrogen-bond donors (Lipinski definition) is 3. The van der Waals surface area contributed by atoms with Crippen molar-refractivity contribution in [2.75, 3.05) is 39.6 Å². The highest BCUT2D eigenvalue weighted by Crippen LogP contribution is 2.45. The van der Waals surface area contributed by atoms with Gasteiger partial charge < -0.3 is 33.8 Å².